The second kappa shape index (κ2) is 4.54. The molecule has 0 bridgehead atoms. The molecule has 0 fully saturated rings. The standard InChI is InChI=1S/C24H13ClN2/c25-14-9-11-20-17(12-14)23-24-22-18(26-23)10-8-13-4-3-6-16(21(13)22)15-5-1-2-7-19(15)27(20)24/h1-12,26H. The van der Waals surface area contributed by atoms with E-state index in [1.54, 1.807) is 0 Å². The topological polar surface area (TPSA) is 20.2 Å². The number of aromatic nitrogens is 2. The molecule has 0 aliphatic heterocycles. The molecule has 0 aliphatic rings. The zero-order valence-corrected chi connectivity index (χ0v) is 15.0. The van der Waals surface area contributed by atoms with Gasteiger partial charge in [0.05, 0.1) is 22.1 Å². The van der Waals surface area contributed by atoms with Crippen LogP contribution in [0.2, 0.25) is 5.02 Å². The minimum absolute atomic E-state index is 0.760. The number of H-pyrrole nitrogens is 1. The number of rotatable bonds is 0. The van der Waals surface area contributed by atoms with Crippen molar-refractivity contribution in [2.75, 3.05) is 0 Å². The molecule has 0 aliphatic carbocycles. The van der Waals surface area contributed by atoms with Crippen LogP contribution in [0.1, 0.15) is 0 Å². The summed E-state index contributed by atoms with van der Waals surface area (Å²) >= 11 is 6.35. The van der Waals surface area contributed by atoms with Gasteiger partial charge in [0.2, 0.25) is 0 Å². The third kappa shape index (κ3) is 1.54. The first-order valence-corrected chi connectivity index (χ1v) is 9.46. The fourth-order valence-corrected chi connectivity index (χ4v) is 5.03. The molecule has 0 atom stereocenters. The average Bonchev–Trinajstić information content (AvgIpc) is 3.17. The maximum Gasteiger partial charge on any atom is 0.0804 e. The van der Waals surface area contributed by atoms with Crippen LogP contribution >= 0.6 is 11.6 Å². The number of aromatic amines is 1. The first-order chi connectivity index (χ1) is 13.3. The highest BCUT2D eigenvalue weighted by molar-refractivity contribution is 6.34. The van der Waals surface area contributed by atoms with Gasteiger partial charge in [-0.2, -0.15) is 0 Å². The van der Waals surface area contributed by atoms with Crippen molar-refractivity contribution in [2.24, 2.45) is 0 Å². The van der Waals surface area contributed by atoms with Crippen molar-refractivity contribution in [2.45, 2.75) is 0 Å². The summed E-state index contributed by atoms with van der Waals surface area (Å²) in [7, 11) is 0. The largest absolute Gasteiger partial charge is 0.353 e. The predicted octanol–water partition coefficient (Wildman–Crippen LogP) is 7.12. The minimum atomic E-state index is 0.760. The van der Waals surface area contributed by atoms with Crippen LogP contribution < -0.4 is 0 Å². The van der Waals surface area contributed by atoms with E-state index in [0.29, 0.717) is 0 Å². The highest BCUT2D eigenvalue weighted by Gasteiger charge is 2.20. The molecule has 3 heteroatoms. The quantitative estimate of drug-likeness (QED) is 0.295. The summed E-state index contributed by atoms with van der Waals surface area (Å²) in [4.78, 5) is 3.67. The first kappa shape index (κ1) is 13.9. The van der Waals surface area contributed by atoms with Crippen LogP contribution in [0.4, 0.5) is 0 Å². The summed E-state index contributed by atoms with van der Waals surface area (Å²) in [5, 5.41) is 8.36. The SMILES string of the molecule is Clc1ccc2c(c1)c1[nH]c3ccc4cccc5c6ccccc6n2c1c3c45. The second-order valence-electron chi connectivity index (χ2n) is 7.25. The van der Waals surface area contributed by atoms with Crippen LogP contribution in [0.25, 0.3) is 59.9 Å². The fourth-order valence-electron chi connectivity index (χ4n) is 4.86. The van der Waals surface area contributed by atoms with Gasteiger partial charge in [-0.25, -0.2) is 0 Å². The highest BCUT2D eigenvalue weighted by atomic mass is 35.5. The Hall–Kier alpha value is -3.23. The Morgan fingerprint density at radius 2 is 1.56 bits per heavy atom. The minimum Gasteiger partial charge on any atom is -0.353 e. The predicted molar refractivity (Wildman–Crippen MR) is 115 cm³/mol. The number of hydrogen-bond donors (Lipinski definition) is 1. The van der Waals surface area contributed by atoms with E-state index in [4.69, 9.17) is 11.6 Å². The van der Waals surface area contributed by atoms with Gasteiger partial charge < -0.3 is 9.38 Å². The lowest BCUT2D eigenvalue weighted by Crippen LogP contribution is -1.83. The van der Waals surface area contributed by atoms with Gasteiger partial charge in [0, 0.05) is 32.1 Å². The summed E-state index contributed by atoms with van der Waals surface area (Å²) in [5.41, 5.74) is 5.96. The van der Waals surface area contributed by atoms with Crippen LogP contribution in [-0.4, -0.2) is 9.38 Å². The summed E-state index contributed by atoms with van der Waals surface area (Å²) in [6, 6.07) is 25.9. The summed E-state index contributed by atoms with van der Waals surface area (Å²) < 4.78 is 2.40. The molecule has 0 saturated carbocycles. The van der Waals surface area contributed by atoms with Gasteiger partial charge in [-0.15, -0.1) is 0 Å². The van der Waals surface area contributed by atoms with E-state index >= 15 is 0 Å². The third-order valence-electron chi connectivity index (χ3n) is 5.91. The van der Waals surface area contributed by atoms with Gasteiger partial charge in [0.15, 0.2) is 0 Å². The Morgan fingerprint density at radius 1 is 0.704 bits per heavy atom. The lowest BCUT2D eigenvalue weighted by molar-refractivity contribution is 1.36. The van der Waals surface area contributed by atoms with E-state index in [9.17, 15) is 0 Å². The van der Waals surface area contributed by atoms with Gasteiger partial charge >= 0.3 is 0 Å². The van der Waals surface area contributed by atoms with Crippen LogP contribution in [0.3, 0.4) is 0 Å². The Kier molecular flexibility index (Phi) is 2.34. The van der Waals surface area contributed by atoms with Gasteiger partial charge in [-0.05, 0) is 41.1 Å². The second-order valence-corrected chi connectivity index (χ2v) is 7.69. The van der Waals surface area contributed by atoms with Crippen molar-refractivity contribution in [3.8, 4) is 0 Å². The lowest BCUT2D eigenvalue weighted by atomic mass is 10.0. The lowest BCUT2D eigenvalue weighted by Gasteiger charge is -2.02. The molecule has 0 saturated heterocycles. The van der Waals surface area contributed by atoms with Crippen molar-refractivity contribution in [1.29, 1.82) is 0 Å². The summed E-state index contributed by atoms with van der Waals surface area (Å²) in [6.45, 7) is 0. The zero-order valence-electron chi connectivity index (χ0n) is 14.3. The molecule has 3 aromatic heterocycles. The Morgan fingerprint density at radius 3 is 2.52 bits per heavy atom. The highest BCUT2D eigenvalue weighted by Crippen LogP contribution is 2.43. The Balaban J connectivity index is 2.04. The molecule has 4 aromatic carbocycles. The van der Waals surface area contributed by atoms with Crippen LogP contribution in [0.15, 0.2) is 72.8 Å². The van der Waals surface area contributed by atoms with Gasteiger partial charge in [-0.3, -0.25) is 0 Å². The van der Waals surface area contributed by atoms with Crippen molar-refractivity contribution >= 4 is 71.5 Å². The van der Waals surface area contributed by atoms with E-state index in [-0.39, 0.29) is 0 Å². The monoisotopic (exact) mass is 364 g/mol. The van der Waals surface area contributed by atoms with E-state index in [1.807, 2.05) is 6.07 Å². The maximum atomic E-state index is 6.35. The normalized spacial score (nSPS) is 12.6. The zero-order chi connectivity index (χ0) is 17.7. The van der Waals surface area contributed by atoms with Crippen molar-refractivity contribution in [3.05, 3.63) is 77.8 Å². The summed E-state index contributed by atoms with van der Waals surface area (Å²) in [6.07, 6.45) is 0. The van der Waals surface area contributed by atoms with E-state index in [1.165, 1.54) is 49.0 Å². The van der Waals surface area contributed by atoms with E-state index in [2.05, 4.69) is 76.1 Å². The van der Waals surface area contributed by atoms with Crippen LogP contribution in [-0.2, 0) is 0 Å². The molecule has 7 aromatic rings. The van der Waals surface area contributed by atoms with E-state index < -0.39 is 0 Å². The van der Waals surface area contributed by atoms with Gasteiger partial charge in [-0.1, -0.05) is 54.1 Å². The molecular weight excluding hydrogens is 352 g/mol. The van der Waals surface area contributed by atoms with Crippen molar-refractivity contribution < 1.29 is 0 Å². The third-order valence-corrected chi connectivity index (χ3v) is 6.14. The Labute approximate surface area is 158 Å². The Bertz CT molecular complexity index is 1680. The molecule has 0 spiro atoms. The molecule has 0 radical (unpaired) electrons. The van der Waals surface area contributed by atoms with Crippen LogP contribution in [0, 0.1) is 0 Å². The number of nitrogens with one attached hydrogen (secondary N) is 1. The fraction of sp³-hybridized carbons (Fsp3) is 0. The molecule has 1 N–H and O–H groups in total. The number of benzene rings is 4. The molecule has 7 rings (SSSR count). The number of para-hydroxylation sites is 1. The van der Waals surface area contributed by atoms with E-state index in [0.717, 1.165) is 15.9 Å². The molecule has 0 amide bonds. The number of halogens is 1. The average molecular weight is 365 g/mol. The molecule has 2 nitrogen and oxygen atoms in total. The summed E-state index contributed by atoms with van der Waals surface area (Å²) in [5.74, 6) is 0. The number of hydrogen-bond acceptors (Lipinski definition) is 0. The first-order valence-electron chi connectivity index (χ1n) is 9.08. The number of fused-ring (bicyclic) bond motifs is 6. The van der Waals surface area contributed by atoms with Gasteiger partial charge in [0.1, 0.15) is 0 Å². The molecule has 3 heterocycles. The molecule has 0 unspecified atom stereocenters. The van der Waals surface area contributed by atoms with Crippen molar-refractivity contribution in [3.63, 3.8) is 0 Å². The molecule has 27 heavy (non-hydrogen) atoms. The molecular formula is C24H13ClN2. The van der Waals surface area contributed by atoms with Crippen LogP contribution in [0.5, 0.6) is 0 Å². The maximum absolute atomic E-state index is 6.35. The van der Waals surface area contributed by atoms with Gasteiger partial charge in [0.25, 0.3) is 0 Å². The number of nitrogens with zero attached hydrogens (tertiary/aromatic N) is 1. The smallest absolute Gasteiger partial charge is 0.0804 e. The van der Waals surface area contributed by atoms with Crippen molar-refractivity contribution in [1.82, 2.24) is 9.38 Å². The molecule has 126 valence electrons.